The smallest absolute Gasteiger partial charge is 0.320 e. The summed E-state index contributed by atoms with van der Waals surface area (Å²) in [6, 6.07) is 4.84. The Morgan fingerprint density at radius 1 is 1.22 bits per heavy atom. The van der Waals surface area contributed by atoms with Crippen LogP contribution in [0.4, 0.5) is 4.79 Å². The SMILES string of the molecule is CCCN(CC)C(=O)N(CC)C1Cc2cc(C)c(OC)cc2C(C)C1(C)C. The Morgan fingerprint density at radius 2 is 1.89 bits per heavy atom. The van der Waals surface area contributed by atoms with Crippen LogP contribution in [-0.2, 0) is 6.42 Å². The Labute approximate surface area is 165 Å². The van der Waals surface area contributed by atoms with Crippen molar-refractivity contribution in [1.29, 1.82) is 0 Å². The van der Waals surface area contributed by atoms with Crippen LogP contribution in [0.15, 0.2) is 12.1 Å². The van der Waals surface area contributed by atoms with E-state index in [9.17, 15) is 4.79 Å². The number of urea groups is 1. The zero-order valence-electron chi connectivity index (χ0n) is 18.6. The van der Waals surface area contributed by atoms with Crippen LogP contribution in [0.2, 0.25) is 0 Å². The van der Waals surface area contributed by atoms with Crippen LogP contribution < -0.4 is 4.74 Å². The van der Waals surface area contributed by atoms with Gasteiger partial charge in [0.25, 0.3) is 0 Å². The molecule has 2 unspecified atom stereocenters. The molecule has 152 valence electrons. The lowest BCUT2D eigenvalue weighted by Crippen LogP contribution is -2.56. The molecule has 1 aromatic carbocycles. The predicted octanol–water partition coefficient (Wildman–Crippen LogP) is 5.23. The van der Waals surface area contributed by atoms with Crippen LogP contribution >= 0.6 is 0 Å². The van der Waals surface area contributed by atoms with E-state index in [4.69, 9.17) is 4.74 Å². The molecule has 0 N–H and O–H groups in total. The third-order valence-corrected chi connectivity index (χ3v) is 6.62. The highest BCUT2D eigenvalue weighted by Gasteiger charge is 2.45. The number of fused-ring (bicyclic) bond motifs is 1. The lowest BCUT2D eigenvalue weighted by atomic mass is 9.63. The highest BCUT2D eigenvalue weighted by atomic mass is 16.5. The van der Waals surface area contributed by atoms with Crippen molar-refractivity contribution in [3.63, 3.8) is 0 Å². The van der Waals surface area contributed by atoms with Crippen LogP contribution in [0.5, 0.6) is 5.75 Å². The number of aryl methyl sites for hydroxylation is 1. The van der Waals surface area contributed by atoms with E-state index in [1.807, 2.05) is 4.90 Å². The molecule has 0 fully saturated rings. The molecule has 0 aliphatic heterocycles. The first-order chi connectivity index (χ1) is 12.7. The number of hydrogen-bond donors (Lipinski definition) is 0. The van der Waals surface area contributed by atoms with Crippen LogP contribution in [-0.4, -0.2) is 48.6 Å². The number of hydrogen-bond acceptors (Lipinski definition) is 2. The summed E-state index contributed by atoms with van der Waals surface area (Å²) < 4.78 is 5.56. The van der Waals surface area contributed by atoms with Gasteiger partial charge in [0.15, 0.2) is 0 Å². The third kappa shape index (κ3) is 3.95. The second kappa shape index (κ2) is 8.53. The monoisotopic (exact) mass is 374 g/mol. The minimum atomic E-state index is -0.00936. The highest BCUT2D eigenvalue weighted by Crippen LogP contribution is 2.48. The Hall–Kier alpha value is -1.71. The average molecular weight is 375 g/mol. The molecule has 4 nitrogen and oxygen atoms in total. The Bertz CT molecular complexity index is 669. The molecule has 0 spiro atoms. The molecule has 1 aliphatic carbocycles. The molecule has 0 heterocycles. The molecule has 0 aromatic heterocycles. The Morgan fingerprint density at radius 3 is 2.41 bits per heavy atom. The van der Waals surface area contributed by atoms with Gasteiger partial charge in [-0.15, -0.1) is 0 Å². The van der Waals surface area contributed by atoms with Gasteiger partial charge in [-0.25, -0.2) is 4.79 Å². The summed E-state index contributed by atoms with van der Waals surface area (Å²) in [5.74, 6) is 1.31. The molecule has 0 saturated carbocycles. The maximum absolute atomic E-state index is 13.3. The molecule has 0 radical (unpaired) electrons. The first kappa shape index (κ1) is 21.6. The molecular weight excluding hydrogens is 336 g/mol. The van der Waals surface area contributed by atoms with Gasteiger partial charge in [-0.05, 0) is 67.7 Å². The van der Waals surface area contributed by atoms with Crippen molar-refractivity contribution in [2.24, 2.45) is 5.41 Å². The second-order valence-corrected chi connectivity index (χ2v) is 8.43. The fraction of sp³-hybridized carbons (Fsp3) is 0.696. The van der Waals surface area contributed by atoms with E-state index in [0.717, 1.165) is 43.8 Å². The number of carbonyl (C=O) groups excluding carboxylic acids is 1. The summed E-state index contributed by atoms with van der Waals surface area (Å²) in [5, 5.41) is 0. The van der Waals surface area contributed by atoms with Crippen molar-refractivity contribution < 1.29 is 9.53 Å². The van der Waals surface area contributed by atoms with Crippen LogP contribution in [0.1, 0.15) is 70.6 Å². The van der Waals surface area contributed by atoms with E-state index in [0.29, 0.717) is 5.92 Å². The number of rotatable bonds is 6. The zero-order chi connectivity index (χ0) is 20.4. The number of amides is 2. The van der Waals surface area contributed by atoms with Gasteiger partial charge in [0.05, 0.1) is 7.11 Å². The van der Waals surface area contributed by atoms with E-state index in [2.05, 4.69) is 65.5 Å². The summed E-state index contributed by atoms with van der Waals surface area (Å²) >= 11 is 0. The van der Waals surface area contributed by atoms with E-state index < -0.39 is 0 Å². The van der Waals surface area contributed by atoms with Crippen LogP contribution in [0, 0.1) is 12.3 Å². The maximum atomic E-state index is 13.3. The number of carbonyl (C=O) groups is 1. The fourth-order valence-corrected chi connectivity index (χ4v) is 4.57. The second-order valence-electron chi connectivity index (χ2n) is 8.43. The van der Waals surface area contributed by atoms with Crippen molar-refractivity contribution in [3.05, 3.63) is 28.8 Å². The largest absolute Gasteiger partial charge is 0.496 e. The molecule has 2 amide bonds. The molecule has 2 rings (SSSR count). The molecule has 2 atom stereocenters. The maximum Gasteiger partial charge on any atom is 0.320 e. The van der Waals surface area contributed by atoms with Crippen LogP contribution in [0.3, 0.4) is 0 Å². The van der Waals surface area contributed by atoms with E-state index in [1.54, 1.807) is 7.11 Å². The summed E-state index contributed by atoms with van der Waals surface area (Å²) in [6.07, 6.45) is 1.89. The molecule has 1 aromatic rings. The van der Waals surface area contributed by atoms with Crippen molar-refractivity contribution in [3.8, 4) is 5.75 Å². The normalized spacial score (nSPS) is 20.7. The molecule has 0 bridgehead atoms. The van der Waals surface area contributed by atoms with Crippen molar-refractivity contribution in [2.75, 3.05) is 26.7 Å². The van der Waals surface area contributed by atoms with Crippen molar-refractivity contribution in [2.45, 2.75) is 73.3 Å². The van der Waals surface area contributed by atoms with E-state index >= 15 is 0 Å². The van der Waals surface area contributed by atoms with E-state index in [-0.39, 0.29) is 17.5 Å². The Balaban J connectivity index is 2.44. The summed E-state index contributed by atoms with van der Waals surface area (Å²) in [4.78, 5) is 17.4. The number of likely N-dealkylation sites (N-methyl/N-ethyl adjacent to an activating group) is 1. The summed E-state index contributed by atoms with van der Waals surface area (Å²) in [7, 11) is 1.74. The molecular formula is C23H38N2O2. The van der Waals surface area contributed by atoms with Gasteiger partial charge in [-0.3, -0.25) is 0 Å². The van der Waals surface area contributed by atoms with Crippen LogP contribution in [0.25, 0.3) is 0 Å². The standard InChI is InChI=1S/C23H38N2O2/c1-9-12-24(10-2)22(26)25(11-3)21-14-18-13-16(4)20(27-8)15-19(18)17(5)23(21,6)7/h13,15,17,21H,9-12,14H2,1-8H3. The first-order valence-electron chi connectivity index (χ1n) is 10.5. The predicted molar refractivity (Wildman–Crippen MR) is 113 cm³/mol. The zero-order valence-corrected chi connectivity index (χ0v) is 18.6. The molecule has 4 heteroatoms. The molecule has 0 saturated heterocycles. The number of methoxy groups -OCH3 is 1. The van der Waals surface area contributed by atoms with Gasteiger partial charge in [-0.2, -0.15) is 0 Å². The summed E-state index contributed by atoms with van der Waals surface area (Å²) in [6.45, 7) is 17.6. The quantitative estimate of drug-likeness (QED) is 0.683. The first-order valence-corrected chi connectivity index (χ1v) is 10.5. The average Bonchev–Trinajstić information content (AvgIpc) is 2.64. The van der Waals surface area contributed by atoms with Gasteiger partial charge < -0.3 is 14.5 Å². The number of benzene rings is 1. The van der Waals surface area contributed by atoms with Gasteiger partial charge in [0, 0.05) is 25.7 Å². The number of ether oxygens (including phenoxy) is 1. The minimum absolute atomic E-state index is 0.00936. The molecule has 27 heavy (non-hydrogen) atoms. The Kier molecular flexibility index (Phi) is 6.82. The highest BCUT2D eigenvalue weighted by molar-refractivity contribution is 5.75. The van der Waals surface area contributed by atoms with Gasteiger partial charge in [0.2, 0.25) is 0 Å². The fourth-order valence-electron chi connectivity index (χ4n) is 4.57. The van der Waals surface area contributed by atoms with E-state index in [1.165, 1.54) is 11.1 Å². The minimum Gasteiger partial charge on any atom is -0.496 e. The van der Waals surface area contributed by atoms with Crippen molar-refractivity contribution >= 4 is 6.03 Å². The summed E-state index contributed by atoms with van der Waals surface area (Å²) in [5.41, 5.74) is 3.88. The van der Waals surface area contributed by atoms with Gasteiger partial charge in [-0.1, -0.05) is 33.8 Å². The lowest BCUT2D eigenvalue weighted by molar-refractivity contribution is 0.0666. The topological polar surface area (TPSA) is 32.8 Å². The lowest BCUT2D eigenvalue weighted by Gasteiger charge is -2.50. The third-order valence-electron chi connectivity index (χ3n) is 6.62. The van der Waals surface area contributed by atoms with Gasteiger partial charge >= 0.3 is 6.03 Å². The van der Waals surface area contributed by atoms with Crippen molar-refractivity contribution in [1.82, 2.24) is 9.80 Å². The van der Waals surface area contributed by atoms with Gasteiger partial charge in [0.1, 0.15) is 5.75 Å². The number of nitrogens with zero attached hydrogens (tertiary/aromatic N) is 2. The molecule has 1 aliphatic rings.